The van der Waals surface area contributed by atoms with Crippen molar-refractivity contribution < 1.29 is 14.2 Å². The van der Waals surface area contributed by atoms with E-state index >= 15 is 0 Å². The average molecular weight is 452 g/mol. The van der Waals surface area contributed by atoms with Gasteiger partial charge in [0.1, 0.15) is 9.12 Å². The molecule has 0 aromatic heterocycles. The Labute approximate surface area is 196 Å². The monoisotopic (exact) mass is 452 g/mol. The number of ketones is 2. The van der Waals surface area contributed by atoms with Gasteiger partial charge >= 0.3 is 0 Å². The molecular formula is C29H25O3P. The van der Waals surface area contributed by atoms with E-state index in [0.717, 1.165) is 27.8 Å². The van der Waals surface area contributed by atoms with E-state index in [1.54, 1.807) is 27.3 Å². The van der Waals surface area contributed by atoms with E-state index in [1.165, 1.54) is 0 Å². The van der Waals surface area contributed by atoms with Crippen LogP contribution < -0.4 is 0 Å². The predicted octanol–water partition coefficient (Wildman–Crippen LogP) is 7.22. The van der Waals surface area contributed by atoms with Crippen LogP contribution in [0.15, 0.2) is 91.0 Å². The van der Waals surface area contributed by atoms with Crippen LogP contribution in [0.4, 0.5) is 0 Å². The van der Waals surface area contributed by atoms with Gasteiger partial charge in [-0.1, -0.05) is 96.6 Å². The molecule has 0 aliphatic heterocycles. The van der Waals surface area contributed by atoms with Gasteiger partial charge in [-0.25, -0.2) is 0 Å². The first-order valence-corrected chi connectivity index (χ1v) is 11.0. The van der Waals surface area contributed by atoms with Crippen molar-refractivity contribution in [2.45, 2.75) is 20.8 Å². The number of benzene rings is 4. The van der Waals surface area contributed by atoms with Crippen molar-refractivity contribution in [2.24, 2.45) is 0 Å². The third-order valence-electron chi connectivity index (χ3n) is 5.56. The lowest BCUT2D eigenvalue weighted by Crippen LogP contribution is -2.15. The first-order valence-electron chi connectivity index (χ1n) is 10.6. The number of rotatable bonds is 5. The summed E-state index contributed by atoms with van der Waals surface area (Å²) in [6.07, 6.45) is 0. The lowest BCUT2D eigenvalue weighted by molar-refractivity contribution is 0.100. The standard InChI is InChI=1S/C29H24O2.HOP/c1-19-17-20(2)26(21(3)18-19)29(31)25-16-10-15-24(22-11-6-4-7-12-22)27(25)28(30)23-13-8-5-9-14-23;1-2/h4-18H,1-3H3;2H. The molecule has 0 unspecified atom stereocenters. The fraction of sp³-hybridized carbons (Fsp3) is 0.103. The molecule has 164 valence electrons. The van der Waals surface area contributed by atoms with Crippen LogP contribution in [0, 0.1) is 20.8 Å². The Hall–Kier alpha value is -3.68. The fourth-order valence-corrected chi connectivity index (χ4v) is 4.25. The van der Waals surface area contributed by atoms with Crippen LogP contribution in [0.1, 0.15) is 48.5 Å². The molecule has 0 fully saturated rings. The summed E-state index contributed by atoms with van der Waals surface area (Å²) >= 11 is 0. The minimum absolute atomic E-state index is 0.118. The van der Waals surface area contributed by atoms with Crippen molar-refractivity contribution in [3.8, 4) is 11.1 Å². The van der Waals surface area contributed by atoms with Crippen LogP contribution in [0.5, 0.6) is 0 Å². The molecule has 3 nitrogen and oxygen atoms in total. The lowest BCUT2D eigenvalue weighted by Gasteiger charge is -2.16. The molecule has 4 heteroatoms. The Bertz CT molecular complexity index is 1270. The van der Waals surface area contributed by atoms with Crippen LogP contribution in [-0.2, 0) is 4.57 Å². The van der Waals surface area contributed by atoms with Gasteiger partial charge in [-0.05, 0) is 43.0 Å². The molecule has 4 aromatic carbocycles. The van der Waals surface area contributed by atoms with Gasteiger partial charge in [0.2, 0.25) is 0 Å². The Morgan fingerprint density at radius 2 is 1.15 bits per heavy atom. The van der Waals surface area contributed by atoms with Crippen molar-refractivity contribution in [1.82, 2.24) is 0 Å². The summed E-state index contributed by atoms with van der Waals surface area (Å²) in [5.41, 5.74) is 6.75. The second-order valence-electron chi connectivity index (χ2n) is 7.89. The third kappa shape index (κ3) is 5.05. The fourth-order valence-electron chi connectivity index (χ4n) is 4.25. The van der Waals surface area contributed by atoms with Crippen LogP contribution >= 0.6 is 9.12 Å². The van der Waals surface area contributed by atoms with Gasteiger partial charge in [0.05, 0.1) is 0 Å². The molecule has 0 atom stereocenters. The molecule has 0 heterocycles. The van der Waals surface area contributed by atoms with Crippen LogP contribution in [0.25, 0.3) is 11.1 Å². The molecule has 0 aliphatic rings. The molecule has 0 bridgehead atoms. The summed E-state index contributed by atoms with van der Waals surface area (Å²) in [6, 6.07) is 28.5. The highest BCUT2D eigenvalue weighted by atomic mass is 31.0. The van der Waals surface area contributed by atoms with E-state index in [1.807, 2.05) is 93.6 Å². The molecule has 0 saturated heterocycles. The molecule has 0 N–H and O–H groups in total. The zero-order valence-electron chi connectivity index (χ0n) is 18.9. The summed E-state index contributed by atoms with van der Waals surface area (Å²) < 4.78 is 8.06. The van der Waals surface area contributed by atoms with Crippen molar-refractivity contribution in [3.63, 3.8) is 0 Å². The second-order valence-corrected chi connectivity index (χ2v) is 7.89. The maximum absolute atomic E-state index is 13.8. The summed E-state index contributed by atoms with van der Waals surface area (Å²) in [5.74, 6) is -0.266. The predicted molar refractivity (Wildman–Crippen MR) is 135 cm³/mol. The van der Waals surface area contributed by atoms with Gasteiger partial charge < -0.3 is 0 Å². The second kappa shape index (κ2) is 10.8. The first-order chi connectivity index (χ1) is 16.0. The zero-order chi connectivity index (χ0) is 24.0. The topological polar surface area (TPSA) is 51.2 Å². The highest BCUT2D eigenvalue weighted by molar-refractivity contribution is 7.00. The van der Waals surface area contributed by atoms with E-state index < -0.39 is 0 Å². The average Bonchev–Trinajstić information content (AvgIpc) is 2.84. The van der Waals surface area contributed by atoms with Crippen molar-refractivity contribution in [3.05, 3.63) is 130 Å². The quantitative estimate of drug-likeness (QED) is 0.237. The van der Waals surface area contributed by atoms with Crippen LogP contribution in [-0.4, -0.2) is 11.6 Å². The number of hydrogen-bond acceptors (Lipinski definition) is 3. The summed E-state index contributed by atoms with van der Waals surface area (Å²) in [6.45, 7) is 5.93. The maximum atomic E-state index is 13.8. The molecule has 0 aliphatic carbocycles. The number of carbonyl (C=O) groups is 2. The van der Waals surface area contributed by atoms with Crippen LogP contribution in [0.2, 0.25) is 0 Å². The van der Waals surface area contributed by atoms with E-state index in [-0.39, 0.29) is 11.6 Å². The molecule has 33 heavy (non-hydrogen) atoms. The maximum Gasteiger partial charge on any atom is 0.194 e. The van der Waals surface area contributed by atoms with Crippen LogP contribution in [0.3, 0.4) is 0 Å². The van der Waals surface area contributed by atoms with Gasteiger partial charge in [-0.2, -0.15) is 0 Å². The minimum Gasteiger partial charge on any atom is -0.289 e. The van der Waals surface area contributed by atoms with Gasteiger partial charge in [-0.3, -0.25) is 14.2 Å². The summed E-state index contributed by atoms with van der Waals surface area (Å²) in [4.78, 5) is 27.5. The lowest BCUT2D eigenvalue weighted by atomic mass is 9.85. The van der Waals surface area contributed by atoms with Crippen molar-refractivity contribution in [2.75, 3.05) is 0 Å². The van der Waals surface area contributed by atoms with E-state index in [0.29, 0.717) is 22.3 Å². The molecule has 0 spiro atoms. The molecule has 0 saturated carbocycles. The summed E-state index contributed by atoms with van der Waals surface area (Å²) in [7, 11) is 1.72. The van der Waals surface area contributed by atoms with Gasteiger partial charge in [0.25, 0.3) is 0 Å². The SMILES string of the molecule is Cc1cc(C)c(C(=O)c2cccc(-c3ccccc3)c2C(=O)c2ccccc2)c(C)c1.O=P. The number of hydrogen-bond donors (Lipinski definition) is 0. The Morgan fingerprint density at radius 3 is 1.73 bits per heavy atom. The molecule has 4 aromatic rings. The first kappa shape index (κ1) is 24.0. The third-order valence-corrected chi connectivity index (χ3v) is 5.56. The van der Waals surface area contributed by atoms with E-state index in [2.05, 4.69) is 0 Å². The molecule has 0 amide bonds. The van der Waals surface area contributed by atoms with E-state index in [9.17, 15) is 9.59 Å². The van der Waals surface area contributed by atoms with Gasteiger partial charge in [-0.15, -0.1) is 0 Å². The zero-order valence-corrected chi connectivity index (χ0v) is 19.9. The molecule has 0 radical (unpaired) electrons. The number of carbonyl (C=O) groups excluding carboxylic acids is 2. The van der Waals surface area contributed by atoms with E-state index in [4.69, 9.17) is 4.57 Å². The largest absolute Gasteiger partial charge is 0.289 e. The van der Waals surface area contributed by atoms with Crippen molar-refractivity contribution in [1.29, 1.82) is 0 Å². The normalized spacial score (nSPS) is 10.2. The molecule has 4 rings (SSSR count). The Kier molecular flexibility index (Phi) is 7.82. The highest BCUT2D eigenvalue weighted by Gasteiger charge is 2.25. The summed E-state index contributed by atoms with van der Waals surface area (Å²) in [5, 5.41) is 0. The molecular weight excluding hydrogens is 427 g/mol. The Morgan fingerprint density at radius 1 is 0.606 bits per heavy atom. The smallest absolute Gasteiger partial charge is 0.194 e. The van der Waals surface area contributed by atoms with Crippen molar-refractivity contribution >= 4 is 20.7 Å². The van der Waals surface area contributed by atoms with Gasteiger partial charge in [0, 0.05) is 22.3 Å². The Balaban J connectivity index is 0.00000149. The minimum atomic E-state index is -0.147. The van der Waals surface area contributed by atoms with Gasteiger partial charge in [0.15, 0.2) is 11.6 Å². The highest BCUT2D eigenvalue weighted by Crippen LogP contribution is 2.31. The number of aryl methyl sites for hydroxylation is 3.